The number of hydrogen-bond acceptors (Lipinski definition) is 5. The predicted molar refractivity (Wildman–Crippen MR) is 107 cm³/mol. The van der Waals surface area contributed by atoms with E-state index in [2.05, 4.69) is 39.0 Å². The van der Waals surface area contributed by atoms with E-state index in [0.717, 1.165) is 0 Å². The highest BCUT2D eigenvalue weighted by atomic mass is 28.4. The number of likely N-dealkylation sites (tertiary alicyclic amines) is 1. The summed E-state index contributed by atoms with van der Waals surface area (Å²) in [6, 6.07) is 0.298. The Morgan fingerprint density at radius 3 is 2.39 bits per heavy atom. The van der Waals surface area contributed by atoms with Crippen LogP contribution in [0.2, 0.25) is 18.1 Å². The van der Waals surface area contributed by atoms with Crippen LogP contribution < -0.4 is 5.56 Å². The largest absolute Gasteiger partial charge is 0.480 e. The smallest absolute Gasteiger partial charge is 0.326 e. The number of nitrogens with zero attached hydrogens (tertiary/aromatic N) is 1. The summed E-state index contributed by atoms with van der Waals surface area (Å²) in [4.78, 5) is 37.9. The number of carboxylic acid groups (broad SMARTS) is 1. The number of aromatic amines is 1. The molecule has 2 rings (SSSR count). The minimum absolute atomic E-state index is 0.0157. The van der Waals surface area contributed by atoms with E-state index in [9.17, 15) is 19.5 Å². The number of hydrogen-bond donors (Lipinski definition) is 2. The highest BCUT2D eigenvalue weighted by Gasteiger charge is 2.47. The molecule has 8 nitrogen and oxygen atoms in total. The Bertz CT molecular complexity index is 776. The molecule has 158 valence electrons. The van der Waals surface area contributed by atoms with Gasteiger partial charge >= 0.3 is 5.97 Å². The third kappa shape index (κ3) is 4.57. The quantitative estimate of drug-likeness (QED) is 0.695. The molecule has 1 amide bonds. The number of amides is 1. The zero-order chi connectivity index (χ0) is 21.4. The molecule has 0 bridgehead atoms. The first-order chi connectivity index (χ1) is 12.7. The predicted octanol–water partition coefficient (Wildman–Crippen LogP) is 2.78. The molecule has 2 heterocycles. The van der Waals surface area contributed by atoms with Crippen LogP contribution in [0.1, 0.15) is 52.7 Å². The summed E-state index contributed by atoms with van der Waals surface area (Å²) in [5.41, 5.74) is -0.427. The first-order valence-corrected chi connectivity index (χ1v) is 12.5. The van der Waals surface area contributed by atoms with Crippen molar-refractivity contribution in [3.8, 4) is 0 Å². The van der Waals surface area contributed by atoms with Gasteiger partial charge in [0.2, 0.25) is 5.91 Å². The SMILES string of the molecule is CC(C)C(C(=O)N1C[C@H](O[Si](C)(C)C(C)(C)C)C[C@@H]1C(=O)O)c1cc(=O)[nH]o1. The normalized spacial score (nSPS) is 21.9. The van der Waals surface area contributed by atoms with Gasteiger partial charge in [-0.25, -0.2) is 4.79 Å². The summed E-state index contributed by atoms with van der Waals surface area (Å²) in [6.07, 6.45) is -0.0628. The zero-order valence-electron chi connectivity index (χ0n) is 17.7. The number of carboxylic acids is 1. The summed E-state index contributed by atoms with van der Waals surface area (Å²) < 4.78 is 11.5. The fourth-order valence-electron chi connectivity index (χ4n) is 3.32. The Kier molecular flexibility index (Phi) is 6.30. The molecular formula is C19H32N2O6Si. The van der Waals surface area contributed by atoms with Gasteiger partial charge in [-0.1, -0.05) is 34.6 Å². The monoisotopic (exact) mass is 412 g/mol. The molecule has 1 saturated heterocycles. The molecular weight excluding hydrogens is 380 g/mol. The number of aliphatic carboxylic acids is 1. The highest BCUT2D eigenvalue weighted by Crippen LogP contribution is 2.39. The lowest BCUT2D eigenvalue weighted by atomic mass is 9.91. The van der Waals surface area contributed by atoms with E-state index in [-0.39, 0.29) is 41.7 Å². The van der Waals surface area contributed by atoms with Crippen LogP contribution in [0, 0.1) is 5.92 Å². The topological polar surface area (TPSA) is 113 Å². The van der Waals surface area contributed by atoms with Crippen molar-refractivity contribution in [3.63, 3.8) is 0 Å². The molecule has 1 fully saturated rings. The second kappa shape index (κ2) is 7.86. The molecule has 2 N–H and O–H groups in total. The van der Waals surface area contributed by atoms with Gasteiger partial charge in [-0.05, 0) is 24.1 Å². The fraction of sp³-hybridized carbons (Fsp3) is 0.737. The Morgan fingerprint density at radius 1 is 1.36 bits per heavy atom. The Balaban J connectivity index is 2.27. The summed E-state index contributed by atoms with van der Waals surface area (Å²) in [6.45, 7) is 14.5. The molecule has 1 aliphatic heterocycles. The van der Waals surface area contributed by atoms with Crippen molar-refractivity contribution < 1.29 is 23.6 Å². The van der Waals surface area contributed by atoms with Crippen molar-refractivity contribution in [2.75, 3.05) is 6.54 Å². The standard InChI is InChI=1S/C19H32N2O6Si/c1-11(2)16(14-9-15(22)20-26-14)17(23)21-10-12(8-13(21)18(24)25)27-28(6,7)19(3,4)5/h9,11-13,16H,8,10H2,1-7H3,(H,20,22)(H,24,25)/t12-,13-,16?/m1/s1. The van der Waals surface area contributed by atoms with E-state index in [1.807, 2.05) is 13.8 Å². The molecule has 0 aliphatic carbocycles. The average Bonchev–Trinajstić information content (AvgIpc) is 3.12. The minimum Gasteiger partial charge on any atom is -0.480 e. The van der Waals surface area contributed by atoms with Gasteiger partial charge in [0, 0.05) is 19.0 Å². The number of carbonyl (C=O) groups excluding carboxylic acids is 1. The van der Waals surface area contributed by atoms with Crippen molar-refractivity contribution in [3.05, 3.63) is 22.2 Å². The van der Waals surface area contributed by atoms with Crippen molar-refractivity contribution in [1.29, 1.82) is 0 Å². The van der Waals surface area contributed by atoms with Crippen LogP contribution in [0.3, 0.4) is 0 Å². The van der Waals surface area contributed by atoms with Crippen LogP contribution in [-0.2, 0) is 14.0 Å². The van der Waals surface area contributed by atoms with Crippen LogP contribution in [0.25, 0.3) is 0 Å². The summed E-state index contributed by atoms with van der Waals surface area (Å²) in [7, 11) is -2.10. The van der Waals surface area contributed by atoms with E-state index >= 15 is 0 Å². The highest BCUT2D eigenvalue weighted by molar-refractivity contribution is 6.74. The lowest BCUT2D eigenvalue weighted by Gasteiger charge is -2.38. The van der Waals surface area contributed by atoms with Crippen LogP contribution in [0.15, 0.2) is 15.4 Å². The van der Waals surface area contributed by atoms with Crippen molar-refractivity contribution >= 4 is 20.2 Å². The molecule has 1 aliphatic rings. The minimum atomic E-state index is -2.10. The number of aromatic nitrogens is 1. The van der Waals surface area contributed by atoms with Gasteiger partial charge in [0.05, 0.1) is 6.10 Å². The Hall–Kier alpha value is -1.87. The first-order valence-electron chi connectivity index (χ1n) is 9.64. The van der Waals surface area contributed by atoms with E-state index in [4.69, 9.17) is 8.95 Å². The summed E-state index contributed by atoms with van der Waals surface area (Å²) >= 11 is 0. The van der Waals surface area contributed by atoms with Gasteiger partial charge < -0.3 is 19.0 Å². The second-order valence-corrected chi connectivity index (χ2v) is 14.2. The molecule has 1 unspecified atom stereocenters. The third-order valence-corrected chi connectivity index (χ3v) is 10.4. The Morgan fingerprint density at radius 2 is 1.96 bits per heavy atom. The van der Waals surface area contributed by atoms with E-state index in [0.29, 0.717) is 0 Å². The maximum absolute atomic E-state index is 13.3. The molecule has 3 atom stereocenters. The second-order valence-electron chi connectivity index (χ2n) is 9.42. The first kappa shape index (κ1) is 22.4. The van der Waals surface area contributed by atoms with Crippen LogP contribution in [0.5, 0.6) is 0 Å². The van der Waals surface area contributed by atoms with Gasteiger partial charge in [-0.2, -0.15) is 5.16 Å². The lowest BCUT2D eigenvalue weighted by Crippen LogP contribution is -2.46. The van der Waals surface area contributed by atoms with Gasteiger partial charge in [-0.3, -0.25) is 9.59 Å². The van der Waals surface area contributed by atoms with E-state index in [1.165, 1.54) is 11.0 Å². The average molecular weight is 413 g/mol. The fourth-order valence-corrected chi connectivity index (χ4v) is 4.68. The maximum Gasteiger partial charge on any atom is 0.326 e. The van der Waals surface area contributed by atoms with Crippen LogP contribution >= 0.6 is 0 Å². The molecule has 0 saturated carbocycles. The summed E-state index contributed by atoms with van der Waals surface area (Å²) in [5.74, 6) is -2.07. The van der Waals surface area contributed by atoms with Gasteiger partial charge in [0.1, 0.15) is 12.0 Å². The van der Waals surface area contributed by atoms with Crippen LogP contribution in [0.4, 0.5) is 0 Å². The van der Waals surface area contributed by atoms with E-state index in [1.54, 1.807) is 0 Å². The third-order valence-electron chi connectivity index (χ3n) is 5.88. The zero-order valence-corrected chi connectivity index (χ0v) is 18.7. The van der Waals surface area contributed by atoms with Gasteiger partial charge in [-0.15, -0.1) is 0 Å². The van der Waals surface area contributed by atoms with Gasteiger partial charge in [0.25, 0.3) is 5.56 Å². The van der Waals surface area contributed by atoms with Crippen molar-refractivity contribution in [2.24, 2.45) is 5.92 Å². The van der Waals surface area contributed by atoms with Crippen molar-refractivity contribution in [2.45, 2.75) is 77.2 Å². The molecule has 9 heteroatoms. The molecule has 1 aromatic heterocycles. The van der Waals surface area contributed by atoms with Gasteiger partial charge in [0.15, 0.2) is 14.1 Å². The molecule has 28 heavy (non-hydrogen) atoms. The Labute approximate surface area is 166 Å². The number of carbonyl (C=O) groups is 2. The lowest BCUT2D eigenvalue weighted by molar-refractivity contribution is -0.149. The summed E-state index contributed by atoms with van der Waals surface area (Å²) in [5, 5.41) is 11.9. The number of nitrogens with one attached hydrogen (secondary N) is 1. The number of rotatable bonds is 6. The molecule has 0 spiro atoms. The molecule has 0 aromatic carbocycles. The maximum atomic E-state index is 13.3. The number of H-pyrrole nitrogens is 1. The van der Waals surface area contributed by atoms with Crippen LogP contribution in [-0.4, -0.2) is 54.0 Å². The molecule has 0 radical (unpaired) electrons. The van der Waals surface area contributed by atoms with E-state index < -0.39 is 31.8 Å². The molecule has 1 aromatic rings. The van der Waals surface area contributed by atoms with Crippen molar-refractivity contribution in [1.82, 2.24) is 10.1 Å².